The number of nitro benzene ring substituents is 1. The Morgan fingerprint density at radius 1 is 1.30 bits per heavy atom. The molecule has 0 aliphatic rings. The number of benzene rings is 2. The Kier molecular flexibility index (Phi) is 5.42. The average molecular weight is 379 g/mol. The minimum atomic E-state index is -1.05. The van der Waals surface area contributed by atoms with Crippen molar-refractivity contribution in [3.8, 4) is 5.75 Å². The molecule has 0 aliphatic heterocycles. The number of carboxylic acids is 1. The van der Waals surface area contributed by atoms with Crippen LogP contribution in [0.4, 0.5) is 11.4 Å². The molecule has 0 heterocycles. The van der Waals surface area contributed by atoms with E-state index in [1.54, 1.807) is 36.5 Å². The molecule has 8 heteroatoms. The van der Waals surface area contributed by atoms with Crippen molar-refractivity contribution in [2.24, 2.45) is 4.99 Å². The molecule has 118 valence electrons. The second-order valence-electron chi connectivity index (χ2n) is 4.40. The van der Waals surface area contributed by atoms with Crippen LogP contribution in [-0.4, -0.2) is 28.8 Å². The predicted molar refractivity (Wildman–Crippen MR) is 87.6 cm³/mol. The van der Waals surface area contributed by atoms with Crippen molar-refractivity contribution in [2.45, 2.75) is 0 Å². The van der Waals surface area contributed by atoms with Crippen molar-refractivity contribution >= 4 is 39.5 Å². The molecule has 7 nitrogen and oxygen atoms in total. The number of rotatable bonds is 6. The SMILES string of the molecule is O=C(O)COc1ccc(C=Nc2ccc([N+](=O)[O-])cc2)cc1Br. The van der Waals surface area contributed by atoms with E-state index in [4.69, 9.17) is 9.84 Å². The van der Waals surface area contributed by atoms with Gasteiger partial charge in [0, 0.05) is 18.3 Å². The molecule has 2 aromatic carbocycles. The number of aliphatic imine (C=N–C) groups is 1. The molecular formula is C15H11BrN2O5. The molecule has 0 bridgehead atoms. The first-order chi connectivity index (χ1) is 11.0. The molecule has 0 saturated carbocycles. The average Bonchev–Trinajstić information content (AvgIpc) is 2.52. The number of nitrogens with zero attached hydrogens (tertiary/aromatic N) is 2. The summed E-state index contributed by atoms with van der Waals surface area (Å²) >= 11 is 3.29. The van der Waals surface area contributed by atoms with E-state index in [1.807, 2.05) is 0 Å². The largest absolute Gasteiger partial charge is 0.481 e. The number of hydrogen-bond donors (Lipinski definition) is 1. The lowest BCUT2D eigenvalue weighted by Gasteiger charge is -2.06. The van der Waals surface area contributed by atoms with Gasteiger partial charge in [0.1, 0.15) is 5.75 Å². The van der Waals surface area contributed by atoms with Crippen LogP contribution in [0.1, 0.15) is 5.56 Å². The Morgan fingerprint density at radius 3 is 2.57 bits per heavy atom. The standard InChI is InChI=1S/C15H11BrN2O5/c16-13-7-10(1-6-14(13)23-9-15(19)20)8-17-11-2-4-12(5-3-11)18(21)22/h1-8H,9H2,(H,19,20). The van der Waals surface area contributed by atoms with E-state index in [9.17, 15) is 14.9 Å². The summed E-state index contributed by atoms with van der Waals surface area (Å²) in [6, 6.07) is 10.9. The molecule has 0 atom stereocenters. The van der Waals surface area contributed by atoms with E-state index in [-0.39, 0.29) is 5.69 Å². The molecule has 2 aromatic rings. The Bertz CT molecular complexity index is 759. The highest BCUT2D eigenvalue weighted by atomic mass is 79.9. The molecule has 0 amide bonds. The van der Waals surface area contributed by atoms with Crippen LogP contribution in [0.3, 0.4) is 0 Å². The zero-order valence-corrected chi connectivity index (χ0v) is 13.3. The third-order valence-electron chi connectivity index (χ3n) is 2.73. The van der Waals surface area contributed by atoms with E-state index in [1.165, 1.54) is 12.1 Å². The van der Waals surface area contributed by atoms with Crippen LogP contribution in [0.5, 0.6) is 5.75 Å². The number of nitro groups is 1. The Hall–Kier alpha value is -2.74. The molecular weight excluding hydrogens is 368 g/mol. The maximum atomic E-state index is 10.6. The summed E-state index contributed by atoms with van der Waals surface area (Å²) in [4.78, 5) is 24.8. The number of halogens is 1. The van der Waals surface area contributed by atoms with Crippen molar-refractivity contribution in [1.29, 1.82) is 0 Å². The maximum absolute atomic E-state index is 10.6. The number of carboxylic acid groups (broad SMARTS) is 1. The zero-order chi connectivity index (χ0) is 16.8. The van der Waals surface area contributed by atoms with E-state index in [2.05, 4.69) is 20.9 Å². The minimum absolute atomic E-state index is 0.00614. The number of hydrogen-bond acceptors (Lipinski definition) is 5. The van der Waals surface area contributed by atoms with Gasteiger partial charge in [-0.05, 0) is 51.8 Å². The van der Waals surface area contributed by atoms with Crippen LogP contribution < -0.4 is 4.74 Å². The summed E-state index contributed by atoms with van der Waals surface area (Å²) in [7, 11) is 0. The number of non-ortho nitro benzene ring substituents is 1. The van der Waals surface area contributed by atoms with Crippen molar-refractivity contribution in [1.82, 2.24) is 0 Å². The van der Waals surface area contributed by atoms with Gasteiger partial charge >= 0.3 is 5.97 Å². The molecule has 0 radical (unpaired) electrons. The van der Waals surface area contributed by atoms with Crippen molar-refractivity contribution in [2.75, 3.05) is 6.61 Å². The van der Waals surface area contributed by atoms with Crippen LogP contribution in [0, 0.1) is 10.1 Å². The second-order valence-corrected chi connectivity index (χ2v) is 5.26. The summed E-state index contributed by atoms with van der Waals surface area (Å²) in [5, 5.41) is 19.2. The lowest BCUT2D eigenvalue weighted by molar-refractivity contribution is -0.384. The molecule has 0 fully saturated rings. The predicted octanol–water partition coefficient (Wildman–Crippen LogP) is 3.57. The highest BCUT2D eigenvalue weighted by molar-refractivity contribution is 9.10. The van der Waals surface area contributed by atoms with Crippen LogP contribution in [-0.2, 0) is 4.79 Å². The first kappa shape index (κ1) is 16.6. The highest BCUT2D eigenvalue weighted by Crippen LogP contribution is 2.26. The van der Waals surface area contributed by atoms with Gasteiger partial charge in [0.25, 0.3) is 5.69 Å². The third-order valence-corrected chi connectivity index (χ3v) is 3.35. The van der Waals surface area contributed by atoms with Gasteiger partial charge in [-0.25, -0.2) is 4.79 Å². The number of ether oxygens (including phenoxy) is 1. The molecule has 0 spiro atoms. The smallest absolute Gasteiger partial charge is 0.341 e. The summed E-state index contributed by atoms with van der Waals surface area (Å²) in [5.74, 6) is -0.638. The summed E-state index contributed by atoms with van der Waals surface area (Å²) in [5.41, 5.74) is 1.35. The van der Waals surface area contributed by atoms with Gasteiger partial charge in [-0.1, -0.05) is 0 Å². The van der Waals surface area contributed by atoms with Crippen LogP contribution in [0.25, 0.3) is 0 Å². The van der Waals surface area contributed by atoms with E-state index < -0.39 is 17.5 Å². The Labute approximate surface area is 139 Å². The van der Waals surface area contributed by atoms with E-state index in [0.717, 1.165) is 5.56 Å². The number of aliphatic carboxylic acids is 1. The van der Waals surface area contributed by atoms with Gasteiger partial charge in [-0.3, -0.25) is 15.1 Å². The van der Waals surface area contributed by atoms with Gasteiger partial charge < -0.3 is 9.84 Å². The maximum Gasteiger partial charge on any atom is 0.341 e. The van der Waals surface area contributed by atoms with E-state index in [0.29, 0.717) is 15.9 Å². The third kappa shape index (κ3) is 4.89. The fourth-order valence-corrected chi connectivity index (χ4v) is 2.17. The van der Waals surface area contributed by atoms with Crippen molar-refractivity contribution in [3.05, 3.63) is 62.6 Å². The normalized spacial score (nSPS) is 10.7. The Morgan fingerprint density at radius 2 is 2.00 bits per heavy atom. The van der Waals surface area contributed by atoms with Crippen LogP contribution in [0.15, 0.2) is 51.9 Å². The zero-order valence-electron chi connectivity index (χ0n) is 11.7. The highest BCUT2D eigenvalue weighted by Gasteiger charge is 2.05. The van der Waals surface area contributed by atoms with Crippen LogP contribution >= 0.6 is 15.9 Å². The van der Waals surface area contributed by atoms with Gasteiger partial charge in [0.05, 0.1) is 15.1 Å². The molecule has 0 aromatic heterocycles. The van der Waals surface area contributed by atoms with Crippen LogP contribution in [0.2, 0.25) is 0 Å². The van der Waals surface area contributed by atoms with Gasteiger partial charge in [0.15, 0.2) is 6.61 Å². The monoisotopic (exact) mass is 378 g/mol. The molecule has 2 rings (SSSR count). The molecule has 0 saturated heterocycles. The fraction of sp³-hybridized carbons (Fsp3) is 0.0667. The summed E-state index contributed by atoms with van der Waals surface area (Å²) in [6.07, 6.45) is 1.59. The van der Waals surface area contributed by atoms with Gasteiger partial charge in [-0.2, -0.15) is 0 Å². The molecule has 0 aliphatic carbocycles. The number of carbonyl (C=O) groups is 1. The van der Waals surface area contributed by atoms with Gasteiger partial charge in [0.2, 0.25) is 0 Å². The first-order valence-electron chi connectivity index (χ1n) is 6.38. The van der Waals surface area contributed by atoms with E-state index >= 15 is 0 Å². The fourth-order valence-electron chi connectivity index (χ4n) is 1.66. The Balaban J connectivity index is 2.08. The molecule has 1 N–H and O–H groups in total. The summed E-state index contributed by atoms with van der Waals surface area (Å²) < 4.78 is 5.70. The minimum Gasteiger partial charge on any atom is -0.481 e. The topological polar surface area (TPSA) is 102 Å². The van der Waals surface area contributed by atoms with Crippen molar-refractivity contribution < 1.29 is 19.6 Å². The van der Waals surface area contributed by atoms with Gasteiger partial charge in [-0.15, -0.1) is 0 Å². The quantitative estimate of drug-likeness (QED) is 0.470. The molecule has 23 heavy (non-hydrogen) atoms. The lowest BCUT2D eigenvalue weighted by Crippen LogP contribution is -2.09. The second kappa shape index (κ2) is 7.50. The lowest BCUT2D eigenvalue weighted by atomic mass is 10.2. The summed E-state index contributed by atoms with van der Waals surface area (Å²) in [6.45, 7) is -0.422. The first-order valence-corrected chi connectivity index (χ1v) is 7.17. The van der Waals surface area contributed by atoms with Crippen molar-refractivity contribution in [3.63, 3.8) is 0 Å². The molecule has 0 unspecified atom stereocenters.